The van der Waals surface area contributed by atoms with Crippen molar-refractivity contribution in [1.29, 1.82) is 0 Å². The Morgan fingerprint density at radius 2 is 2.24 bits per heavy atom. The number of aryl methyl sites for hydroxylation is 1. The zero-order valence-corrected chi connectivity index (χ0v) is 9.47. The second-order valence-corrected chi connectivity index (χ2v) is 3.79. The SMILES string of the molecule is Cn1cc(NC(=O)NCC(C)(O)C(=O)O)cn1. The van der Waals surface area contributed by atoms with Crippen LogP contribution in [0.5, 0.6) is 0 Å². The van der Waals surface area contributed by atoms with Crippen molar-refractivity contribution in [2.45, 2.75) is 12.5 Å². The first kappa shape index (κ1) is 13.0. The lowest BCUT2D eigenvalue weighted by molar-refractivity contribution is -0.155. The molecule has 1 atom stereocenters. The monoisotopic (exact) mass is 242 g/mol. The first-order valence-corrected chi connectivity index (χ1v) is 4.80. The Bertz CT molecular complexity index is 426. The molecule has 0 bridgehead atoms. The van der Waals surface area contributed by atoms with E-state index in [0.717, 1.165) is 6.92 Å². The average Bonchev–Trinajstić information content (AvgIpc) is 2.61. The number of aliphatic carboxylic acids is 1. The van der Waals surface area contributed by atoms with Gasteiger partial charge in [-0.2, -0.15) is 5.10 Å². The highest BCUT2D eigenvalue weighted by Crippen LogP contribution is 2.04. The Kier molecular flexibility index (Phi) is 3.69. The number of carbonyl (C=O) groups excluding carboxylic acids is 1. The summed E-state index contributed by atoms with van der Waals surface area (Å²) in [7, 11) is 1.69. The molecule has 0 spiro atoms. The molecule has 0 fully saturated rings. The number of carboxylic acids is 1. The number of nitrogens with one attached hydrogen (secondary N) is 2. The van der Waals surface area contributed by atoms with Crippen LogP contribution in [0.25, 0.3) is 0 Å². The van der Waals surface area contributed by atoms with E-state index in [0.29, 0.717) is 5.69 Å². The minimum absolute atomic E-state index is 0.394. The van der Waals surface area contributed by atoms with Crippen LogP contribution in [0.2, 0.25) is 0 Å². The van der Waals surface area contributed by atoms with Gasteiger partial charge in [-0.05, 0) is 6.92 Å². The number of anilines is 1. The fourth-order valence-corrected chi connectivity index (χ4v) is 0.989. The van der Waals surface area contributed by atoms with E-state index in [9.17, 15) is 14.7 Å². The van der Waals surface area contributed by atoms with Gasteiger partial charge in [-0.3, -0.25) is 4.68 Å². The summed E-state index contributed by atoms with van der Waals surface area (Å²) in [6, 6.07) is -0.612. The van der Waals surface area contributed by atoms with Crippen LogP contribution in [0, 0.1) is 0 Å². The maximum atomic E-state index is 11.3. The quantitative estimate of drug-likeness (QED) is 0.561. The number of aromatic nitrogens is 2. The van der Waals surface area contributed by atoms with Gasteiger partial charge in [0.05, 0.1) is 18.4 Å². The largest absolute Gasteiger partial charge is 0.479 e. The lowest BCUT2D eigenvalue weighted by Gasteiger charge is -2.18. The van der Waals surface area contributed by atoms with Crippen molar-refractivity contribution < 1.29 is 19.8 Å². The lowest BCUT2D eigenvalue weighted by Crippen LogP contribution is -2.47. The fourth-order valence-electron chi connectivity index (χ4n) is 0.989. The van der Waals surface area contributed by atoms with Gasteiger partial charge < -0.3 is 20.8 Å². The molecule has 0 radical (unpaired) electrons. The summed E-state index contributed by atoms with van der Waals surface area (Å²) in [5.41, 5.74) is -1.52. The van der Waals surface area contributed by atoms with Gasteiger partial charge in [0, 0.05) is 13.2 Å². The second-order valence-electron chi connectivity index (χ2n) is 3.79. The van der Waals surface area contributed by atoms with E-state index in [-0.39, 0.29) is 0 Å². The molecule has 1 unspecified atom stereocenters. The third-order valence-electron chi connectivity index (χ3n) is 2.02. The van der Waals surface area contributed by atoms with Crippen LogP contribution in [0.15, 0.2) is 12.4 Å². The van der Waals surface area contributed by atoms with E-state index in [4.69, 9.17) is 5.11 Å². The third-order valence-corrected chi connectivity index (χ3v) is 2.02. The normalized spacial score (nSPS) is 13.8. The lowest BCUT2D eigenvalue weighted by atomic mass is 10.1. The number of nitrogens with zero attached hydrogens (tertiary/aromatic N) is 2. The summed E-state index contributed by atoms with van der Waals surface area (Å²) in [5, 5.41) is 26.5. The van der Waals surface area contributed by atoms with Gasteiger partial charge >= 0.3 is 12.0 Å². The highest BCUT2D eigenvalue weighted by molar-refractivity contribution is 5.89. The Morgan fingerprint density at radius 1 is 1.59 bits per heavy atom. The standard InChI is InChI=1S/C9H14N4O4/c1-9(17,7(14)15)5-10-8(16)12-6-3-11-13(2)4-6/h3-4,17H,5H2,1-2H3,(H,14,15)(H2,10,12,16). The van der Waals surface area contributed by atoms with Gasteiger partial charge in [-0.1, -0.05) is 0 Å². The number of hydrogen-bond donors (Lipinski definition) is 4. The Morgan fingerprint density at radius 3 is 2.71 bits per heavy atom. The van der Waals surface area contributed by atoms with Crippen LogP contribution in [0.3, 0.4) is 0 Å². The molecular weight excluding hydrogens is 228 g/mol. The highest BCUT2D eigenvalue weighted by atomic mass is 16.4. The van der Waals surface area contributed by atoms with Crippen molar-refractivity contribution in [3.63, 3.8) is 0 Å². The number of carbonyl (C=O) groups is 2. The third kappa shape index (κ3) is 3.76. The van der Waals surface area contributed by atoms with Crippen molar-refractivity contribution in [2.24, 2.45) is 7.05 Å². The van der Waals surface area contributed by atoms with Crippen LogP contribution < -0.4 is 10.6 Å². The first-order chi connectivity index (χ1) is 7.81. The maximum Gasteiger partial charge on any atom is 0.337 e. The molecule has 94 valence electrons. The number of carboxylic acid groups (broad SMARTS) is 1. The van der Waals surface area contributed by atoms with Gasteiger partial charge in [-0.15, -0.1) is 0 Å². The molecule has 1 aromatic heterocycles. The summed E-state index contributed by atoms with van der Waals surface area (Å²) in [5.74, 6) is -1.40. The number of aliphatic hydroxyl groups is 1. The molecule has 0 aliphatic heterocycles. The molecule has 1 rings (SSSR count). The van der Waals surface area contributed by atoms with Crippen molar-refractivity contribution in [1.82, 2.24) is 15.1 Å². The smallest absolute Gasteiger partial charge is 0.337 e. The van der Waals surface area contributed by atoms with Crippen LogP contribution in [0.4, 0.5) is 10.5 Å². The second kappa shape index (κ2) is 4.83. The Balaban J connectivity index is 2.43. The Labute approximate surface area is 97.2 Å². The van der Waals surface area contributed by atoms with Crippen molar-refractivity contribution in [2.75, 3.05) is 11.9 Å². The molecular formula is C9H14N4O4. The first-order valence-electron chi connectivity index (χ1n) is 4.80. The molecule has 1 heterocycles. The van der Waals surface area contributed by atoms with Crippen LogP contribution in [-0.2, 0) is 11.8 Å². The number of hydrogen-bond acceptors (Lipinski definition) is 4. The van der Waals surface area contributed by atoms with Gasteiger partial charge in [0.2, 0.25) is 0 Å². The zero-order valence-electron chi connectivity index (χ0n) is 9.47. The number of urea groups is 1. The molecule has 0 saturated carbocycles. The van der Waals surface area contributed by atoms with E-state index < -0.39 is 24.1 Å². The molecule has 8 heteroatoms. The number of rotatable bonds is 4. The summed E-state index contributed by atoms with van der Waals surface area (Å²) in [6.45, 7) is 0.702. The van der Waals surface area contributed by atoms with Crippen LogP contribution in [-0.4, -0.2) is 44.1 Å². The molecule has 2 amide bonds. The van der Waals surface area contributed by atoms with E-state index in [1.54, 1.807) is 13.2 Å². The minimum atomic E-state index is -1.99. The molecule has 17 heavy (non-hydrogen) atoms. The maximum absolute atomic E-state index is 11.3. The summed E-state index contributed by atoms with van der Waals surface area (Å²) < 4.78 is 1.50. The van der Waals surface area contributed by atoms with Crippen molar-refractivity contribution in [3.8, 4) is 0 Å². The predicted octanol–water partition coefficient (Wildman–Crippen LogP) is -0.623. The van der Waals surface area contributed by atoms with Crippen molar-refractivity contribution in [3.05, 3.63) is 12.4 Å². The van der Waals surface area contributed by atoms with Crippen LogP contribution in [0.1, 0.15) is 6.92 Å². The number of amides is 2. The van der Waals surface area contributed by atoms with Gasteiger partial charge in [0.25, 0.3) is 0 Å². The van der Waals surface area contributed by atoms with E-state index in [1.807, 2.05) is 0 Å². The molecule has 8 nitrogen and oxygen atoms in total. The molecule has 0 saturated heterocycles. The average molecular weight is 242 g/mol. The molecule has 0 aromatic carbocycles. The van der Waals surface area contributed by atoms with Gasteiger partial charge in [-0.25, -0.2) is 9.59 Å². The molecule has 0 aliphatic rings. The van der Waals surface area contributed by atoms with E-state index in [2.05, 4.69) is 15.7 Å². The predicted molar refractivity (Wildman–Crippen MR) is 58.5 cm³/mol. The summed E-state index contributed by atoms with van der Waals surface area (Å²) in [4.78, 5) is 21.9. The van der Waals surface area contributed by atoms with Gasteiger partial charge in [0.1, 0.15) is 0 Å². The van der Waals surface area contributed by atoms with E-state index in [1.165, 1.54) is 10.9 Å². The molecule has 4 N–H and O–H groups in total. The Hall–Kier alpha value is -2.09. The fraction of sp³-hybridized carbons (Fsp3) is 0.444. The van der Waals surface area contributed by atoms with E-state index >= 15 is 0 Å². The zero-order chi connectivity index (χ0) is 13.1. The highest BCUT2D eigenvalue weighted by Gasteiger charge is 2.30. The molecule has 1 aromatic rings. The van der Waals surface area contributed by atoms with Crippen LogP contribution >= 0.6 is 0 Å². The van der Waals surface area contributed by atoms with Crippen molar-refractivity contribution >= 4 is 17.7 Å². The minimum Gasteiger partial charge on any atom is -0.479 e. The molecule has 0 aliphatic carbocycles. The summed E-state index contributed by atoms with van der Waals surface area (Å²) >= 11 is 0. The van der Waals surface area contributed by atoms with Gasteiger partial charge in [0.15, 0.2) is 5.60 Å². The summed E-state index contributed by atoms with van der Waals surface area (Å²) in [6.07, 6.45) is 3.02. The topological polar surface area (TPSA) is 116 Å².